The first-order valence-electron chi connectivity index (χ1n) is 3.03. The monoisotopic (exact) mass is 315 g/mol. The SMILES string of the molecule is CN.Oc1c(Br)ccc(Cl)c1Br. The van der Waals surface area contributed by atoms with Crippen LogP contribution < -0.4 is 5.73 Å². The van der Waals surface area contributed by atoms with Crippen LogP contribution >= 0.6 is 43.5 Å². The number of rotatable bonds is 0. The predicted molar refractivity (Wildman–Crippen MR) is 58.6 cm³/mol. The molecule has 0 saturated heterocycles. The molecule has 0 aliphatic rings. The van der Waals surface area contributed by atoms with Gasteiger partial charge in [-0.1, -0.05) is 11.6 Å². The molecule has 0 aliphatic heterocycles. The summed E-state index contributed by atoms with van der Waals surface area (Å²) in [5.41, 5.74) is 4.50. The number of aromatic hydroxyl groups is 1. The van der Waals surface area contributed by atoms with Crippen molar-refractivity contribution in [1.82, 2.24) is 0 Å². The average Bonchev–Trinajstić information content (AvgIpc) is 2.12. The van der Waals surface area contributed by atoms with Crippen LogP contribution in [0.5, 0.6) is 5.75 Å². The molecule has 0 saturated carbocycles. The molecule has 1 rings (SSSR count). The van der Waals surface area contributed by atoms with E-state index in [4.69, 9.17) is 11.6 Å². The second kappa shape index (κ2) is 5.80. The van der Waals surface area contributed by atoms with Crippen molar-refractivity contribution in [2.45, 2.75) is 0 Å². The van der Waals surface area contributed by atoms with Gasteiger partial charge in [-0.25, -0.2) is 0 Å². The number of halogens is 3. The van der Waals surface area contributed by atoms with Gasteiger partial charge in [0.1, 0.15) is 5.75 Å². The van der Waals surface area contributed by atoms with Crippen LogP contribution in [0.15, 0.2) is 21.1 Å². The first-order chi connectivity index (χ1) is 5.63. The van der Waals surface area contributed by atoms with Crippen LogP contribution in [-0.4, -0.2) is 12.2 Å². The Morgan fingerprint density at radius 1 is 1.33 bits per heavy atom. The Labute approximate surface area is 93.0 Å². The number of nitrogens with two attached hydrogens (primary N) is 1. The highest BCUT2D eigenvalue weighted by Gasteiger charge is 2.05. The van der Waals surface area contributed by atoms with Gasteiger partial charge in [0.05, 0.1) is 14.0 Å². The van der Waals surface area contributed by atoms with Crippen molar-refractivity contribution in [3.8, 4) is 5.75 Å². The lowest BCUT2D eigenvalue weighted by Gasteiger charge is -2.00. The second-order valence-electron chi connectivity index (χ2n) is 1.69. The summed E-state index contributed by atoms with van der Waals surface area (Å²) in [5, 5.41) is 9.71. The molecule has 0 aromatic heterocycles. The van der Waals surface area contributed by atoms with Gasteiger partial charge in [0.15, 0.2) is 0 Å². The van der Waals surface area contributed by atoms with E-state index >= 15 is 0 Å². The van der Waals surface area contributed by atoms with Gasteiger partial charge < -0.3 is 10.8 Å². The Balaban J connectivity index is 0.000000561. The number of hydrogen-bond acceptors (Lipinski definition) is 2. The minimum Gasteiger partial charge on any atom is -0.506 e. The van der Waals surface area contributed by atoms with Crippen molar-refractivity contribution in [3.05, 3.63) is 26.1 Å². The van der Waals surface area contributed by atoms with Gasteiger partial charge in [0.2, 0.25) is 0 Å². The van der Waals surface area contributed by atoms with Crippen LogP contribution in [0.1, 0.15) is 0 Å². The summed E-state index contributed by atoms with van der Waals surface area (Å²) in [5.74, 6) is 0.132. The van der Waals surface area contributed by atoms with Crippen molar-refractivity contribution in [2.75, 3.05) is 7.05 Å². The van der Waals surface area contributed by atoms with Gasteiger partial charge in [0.25, 0.3) is 0 Å². The summed E-state index contributed by atoms with van der Waals surface area (Å²) in [6.45, 7) is 0. The van der Waals surface area contributed by atoms with Crippen molar-refractivity contribution < 1.29 is 5.11 Å². The lowest BCUT2D eigenvalue weighted by molar-refractivity contribution is 0.468. The van der Waals surface area contributed by atoms with Gasteiger partial charge in [-0.3, -0.25) is 0 Å². The Kier molecular flexibility index (Phi) is 5.92. The van der Waals surface area contributed by atoms with E-state index in [1.807, 2.05) is 0 Å². The van der Waals surface area contributed by atoms with Crippen LogP contribution in [-0.2, 0) is 0 Å². The number of phenols is 1. The molecular formula is C7H8Br2ClNO. The molecule has 0 fully saturated rings. The second-order valence-corrected chi connectivity index (χ2v) is 3.75. The zero-order chi connectivity index (χ0) is 9.72. The lowest BCUT2D eigenvalue weighted by atomic mass is 10.3. The number of phenolic OH excluding ortho intramolecular Hbond substituents is 1. The van der Waals surface area contributed by atoms with Crippen LogP contribution in [0.25, 0.3) is 0 Å². The van der Waals surface area contributed by atoms with Gasteiger partial charge in [-0.15, -0.1) is 0 Å². The quantitative estimate of drug-likeness (QED) is 0.722. The van der Waals surface area contributed by atoms with Crippen LogP contribution in [0.2, 0.25) is 5.02 Å². The third-order valence-electron chi connectivity index (χ3n) is 1.02. The molecule has 0 heterocycles. The summed E-state index contributed by atoms with van der Waals surface area (Å²) in [6.07, 6.45) is 0. The molecule has 2 nitrogen and oxygen atoms in total. The van der Waals surface area contributed by atoms with Gasteiger partial charge in [0, 0.05) is 0 Å². The normalized spacial score (nSPS) is 8.75. The molecule has 0 amide bonds. The Bertz CT molecular complexity index is 241. The Hall–Kier alpha value is 0.230. The van der Waals surface area contributed by atoms with Crippen molar-refractivity contribution in [1.29, 1.82) is 0 Å². The molecule has 3 N–H and O–H groups in total. The summed E-state index contributed by atoms with van der Waals surface area (Å²) in [6, 6.07) is 3.37. The molecule has 12 heavy (non-hydrogen) atoms. The van der Waals surface area contributed by atoms with Crippen molar-refractivity contribution >= 4 is 43.5 Å². The molecule has 5 heteroatoms. The maximum absolute atomic E-state index is 9.21. The first kappa shape index (κ1) is 12.2. The number of benzene rings is 1. The third kappa shape index (κ3) is 2.94. The zero-order valence-electron chi connectivity index (χ0n) is 6.31. The third-order valence-corrected chi connectivity index (χ3v) is 3.01. The molecule has 1 aromatic carbocycles. The van der Waals surface area contributed by atoms with E-state index in [0.717, 1.165) is 0 Å². The maximum Gasteiger partial charge on any atom is 0.145 e. The Morgan fingerprint density at radius 2 is 1.83 bits per heavy atom. The van der Waals surface area contributed by atoms with E-state index in [1.165, 1.54) is 7.05 Å². The van der Waals surface area contributed by atoms with Crippen LogP contribution in [0.3, 0.4) is 0 Å². The smallest absolute Gasteiger partial charge is 0.145 e. The fourth-order valence-corrected chi connectivity index (χ4v) is 1.61. The predicted octanol–water partition coefficient (Wildman–Crippen LogP) is 3.15. The van der Waals surface area contributed by atoms with E-state index in [1.54, 1.807) is 12.1 Å². The summed E-state index contributed by atoms with van der Waals surface area (Å²) < 4.78 is 1.15. The largest absolute Gasteiger partial charge is 0.506 e. The van der Waals surface area contributed by atoms with Crippen molar-refractivity contribution in [2.24, 2.45) is 5.73 Å². The fraction of sp³-hybridized carbons (Fsp3) is 0.143. The first-order valence-corrected chi connectivity index (χ1v) is 4.99. The lowest BCUT2D eigenvalue weighted by Crippen LogP contribution is -1.72. The van der Waals surface area contributed by atoms with Gasteiger partial charge >= 0.3 is 0 Å². The highest BCUT2D eigenvalue weighted by atomic mass is 79.9. The van der Waals surface area contributed by atoms with E-state index < -0.39 is 0 Å². The maximum atomic E-state index is 9.21. The number of hydrogen-bond donors (Lipinski definition) is 2. The molecule has 68 valence electrons. The average molecular weight is 317 g/mol. The van der Waals surface area contributed by atoms with Crippen LogP contribution in [0.4, 0.5) is 0 Å². The minimum absolute atomic E-state index is 0.132. The molecular weight excluding hydrogens is 309 g/mol. The minimum atomic E-state index is 0.132. The molecule has 0 bridgehead atoms. The van der Waals surface area contributed by atoms with E-state index in [0.29, 0.717) is 14.0 Å². The Morgan fingerprint density at radius 3 is 2.25 bits per heavy atom. The highest BCUT2D eigenvalue weighted by molar-refractivity contribution is 9.11. The highest BCUT2D eigenvalue weighted by Crippen LogP contribution is 2.36. The van der Waals surface area contributed by atoms with Gasteiger partial charge in [-0.2, -0.15) is 0 Å². The summed E-state index contributed by atoms with van der Waals surface area (Å²) in [4.78, 5) is 0. The van der Waals surface area contributed by atoms with Gasteiger partial charge in [-0.05, 0) is 51.0 Å². The summed E-state index contributed by atoms with van der Waals surface area (Å²) in [7, 11) is 1.50. The molecule has 0 unspecified atom stereocenters. The molecule has 1 aromatic rings. The van der Waals surface area contributed by atoms with E-state index in [2.05, 4.69) is 37.6 Å². The van der Waals surface area contributed by atoms with E-state index in [9.17, 15) is 5.11 Å². The topological polar surface area (TPSA) is 46.2 Å². The zero-order valence-corrected chi connectivity index (χ0v) is 10.2. The standard InChI is InChI=1S/C6H3Br2ClO.CH5N/c7-3-1-2-4(9)5(8)6(3)10;1-2/h1-2,10H;2H2,1H3. The summed E-state index contributed by atoms with van der Waals surface area (Å²) >= 11 is 11.9. The van der Waals surface area contributed by atoms with Crippen molar-refractivity contribution in [3.63, 3.8) is 0 Å². The molecule has 0 aliphatic carbocycles. The van der Waals surface area contributed by atoms with E-state index in [-0.39, 0.29) is 5.75 Å². The van der Waals surface area contributed by atoms with Crippen LogP contribution in [0, 0.1) is 0 Å². The molecule has 0 atom stereocenters. The fourth-order valence-electron chi connectivity index (χ4n) is 0.516. The molecule has 0 radical (unpaired) electrons. The molecule has 0 spiro atoms.